The summed E-state index contributed by atoms with van der Waals surface area (Å²) in [5.74, 6) is 0.0850. The van der Waals surface area contributed by atoms with E-state index < -0.39 is 15.9 Å². The average Bonchev–Trinajstić information content (AvgIpc) is 2.73. The van der Waals surface area contributed by atoms with E-state index in [-0.39, 0.29) is 15.5 Å². The van der Waals surface area contributed by atoms with Crippen molar-refractivity contribution in [2.45, 2.75) is 24.2 Å². The number of hydrogen-bond donors (Lipinski definition) is 1. The van der Waals surface area contributed by atoms with Crippen LogP contribution in [0, 0.1) is 0 Å². The first-order valence-electron chi connectivity index (χ1n) is 9.36. The largest absolute Gasteiger partial charge is 0.489 e. The summed E-state index contributed by atoms with van der Waals surface area (Å²) in [5.41, 5.74) is 0.610. The van der Waals surface area contributed by atoms with Gasteiger partial charge in [-0.1, -0.05) is 36.7 Å². The number of halogens is 1. The van der Waals surface area contributed by atoms with Gasteiger partial charge in [0.1, 0.15) is 12.4 Å². The first-order valence-corrected chi connectivity index (χ1v) is 11.2. The summed E-state index contributed by atoms with van der Waals surface area (Å²) in [5, 5.41) is 2.92. The van der Waals surface area contributed by atoms with Crippen molar-refractivity contribution >= 4 is 33.2 Å². The van der Waals surface area contributed by atoms with Crippen LogP contribution in [0.25, 0.3) is 0 Å². The van der Waals surface area contributed by atoms with E-state index in [9.17, 15) is 13.2 Å². The summed E-state index contributed by atoms with van der Waals surface area (Å²) >= 11 is 6.19. The van der Waals surface area contributed by atoms with Crippen LogP contribution < -0.4 is 10.1 Å². The van der Waals surface area contributed by atoms with Gasteiger partial charge in [-0.15, -0.1) is 0 Å². The number of anilines is 1. The number of benzene rings is 2. The van der Waals surface area contributed by atoms with Crippen molar-refractivity contribution in [3.63, 3.8) is 0 Å². The third-order valence-electron chi connectivity index (χ3n) is 4.60. The van der Waals surface area contributed by atoms with Crippen LogP contribution in [0.15, 0.2) is 60.0 Å². The number of piperidine rings is 1. The highest BCUT2D eigenvalue weighted by Gasteiger charge is 2.27. The zero-order valence-electron chi connectivity index (χ0n) is 15.9. The van der Waals surface area contributed by atoms with Crippen LogP contribution in [0.3, 0.4) is 0 Å². The van der Waals surface area contributed by atoms with E-state index in [1.54, 1.807) is 30.3 Å². The van der Waals surface area contributed by atoms with Crippen LogP contribution in [0.4, 0.5) is 5.69 Å². The van der Waals surface area contributed by atoms with Crippen LogP contribution in [0.1, 0.15) is 29.6 Å². The molecule has 154 valence electrons. The average molecular weight is 435 g/mol. The third kappa shape index (κ3) is 5.18. The maximum Gasteiger partial charge on any atom is 0.257 e. The predicted molar refractivity (Wildman–Crippen MR) is 114 cm³/mol. The second kappa shape index (κ2) is 9.43. The molecule has 2 aromatic carbocycles. The second-order valence-electron chi connectivity index (χ2n) is 6.69. The molecule has 6 nitrogen and oxygen atoms in total. The number of hydrogen-bond acceptors (Lipinski definition) is 4. The molecule has 1 fully saturated rings. The molecular formula is C21H23ClN2O4S. The Morgan fingerprint density at radius 3 is 2.66 bits per heavy atom. The lowest BCUT2D eigenvalue weighted by Crippen LogP contribution is -2.35. The predicted octanol–water partition coefficient (Wildman–Crippen LogP) is 4.33. The van der Waals surface area contributed by atoms with Gasteiger partial charge in [0.05, 0.1) is 15.5 Å². The van der Waals surface area contributed by atoms with Gasteiger partial charge in [-0.3, -0.25) is 4.79 Å². The molecule has 0 spiro atoms. The Morgan fingerprint density at radius 1 is 1.17 bits per heavy atom. The monoisotopic (exact) mass is 434 g/mol. The fourth-order valence-corrected chi connectivity index (χ4v) is 4.86. The standard InChI is InChI=1S/C21H23ClN2O4S/c1-2-13-28-17-8-6-7-16(14-17)23-21(25)19-15-18(9-10-20(19)22)29(26,27)24-11-4-3-5-12-24/h2,6-10,14-15H,1,3-5,11-13H2,(H,23,25). The van der Waals surface area contributed by atoms with Crippen molar-refractivity contribution in [1.29, 1.82) is 0 Å². The lowest BCUT2D eigenvalue weighted by atomic mass is 10.2. The van der Waals surface area contributed by atoms with Gasteiger partial charge in [-0.2, -0.15) is 4.31 Å². The fourth-order valence-electron chi connectivity index (χ4n) is 3.11. The number of carbonyl (C=O) groups excluding carboxylic acids is 1. The number of nitrogens with one attached hydrogen (secondary N) is 1. The molecule has 0 bridgehead atoms. The van der Waals surface area contributed by atoms with E-state index >= 15 is 0 Å². The highest BCUT2D eigenvalue weighted by molar-refractivity contribution is 7.89. The summed E-state index contributed by atoms with van der Waals surface area (Å²) in [6.45, 7) is 4.92. The van der Waals surface area contributed by atoms with Gasteiger partial charge in [0, 0.05) is 24.8 Å². The molecule has 0 atom stereocenters. The number of rotatable bonds is 7. The minimum Gasteiger partial charge on any atom is -0.489 e. The number of sulfonamides is 1. The molecule has 1 amide bonds. The lowest BCUT2D eigenvalue weighted by molar-refractivity contribution is 0.102. The molecular weight excluding hydrogens is 412 g/mol. The van der Waals surface area contributed by atoms with E-state index in [1.165, 1.54) is 22.5 Å². The zero-order valence-corrected chi connectivity index (χ0v) is 17.5. The van der Waals surface area contributed by atoms with Gasteiger partial charge in [0.25, 0.3) is 5.91 Å². The molecule has 0 radical (unpaired) electrons. The molecule has 0 aromatic heterocycles. The number of nitrogens with zero attached hydrogens (tertiary/aromatic N) is 1. The molecule has 0 unspecified atom stereocenters. The van der Waals surface area contributed by atoms with Crippen molar-refractivity contribution in [2.75, 3.05) is 25.0 Å². The van der Waals surface area contributed by atoms with Gasteiger partial charge in [0.15, 0.2) is 0 Å². The molecule has 1 aliphatic heterocycles. The minimum absolute atomic E-state index is 0.0667. The van der Waals surface area contributed by atoms with E-state index in [0.29, 0.717) is 31.1 Å². The summed E-state index contributed by atoms with van der Waals surface area (Å²) in [6, 6.07) is 11.1. The maximum absolute atomic E-state index is 12.9. The van der Waals surface area contributed by atoms with Gasteiger partial charge < -0.3 is 10.1 Å². The smallest absolute Gasteiger partial charge is 0.257 e. The van der Waals surface area contributed by atoms with E-state index in [2.05, 4.69) is 11.9 Å². The van der Waals surface area contributed by atoms with Gasteiger partial charge in [-0.25, -0.2) is 8.42 Å². The Kier molecular flexibility index (Phi) is 6.95. The Labute approximate surface area is 176 Å². The normalized spacial score (nSPS) is 14.9. The van der Waals surface area contributed by atoms with E-state index in [1.807, 2.05) is 0 Å². The lowest BCUT2D eigenvalue weighted by Gasteiger charge is -2.26. The molecule has 0 saturated carbocycles. The molecule has 1 heterocycles. The SMILES string of the molecule is C=CCOc1cccc(NC(=O)c2cc(S(=O)(=O)N3CCCCC3)ccc2Cl)c1. The molecule has 1 aliphatic rings. The van der Waals surface area contributed by atoms with E-state index in [4.69, 9.17) is 16.3 Å². The molecule has 1 saturated heterocycles. The van der Waals surface area contributed by atoms with Gasteiger partial charge in [-0.05, 0) is 43.2 Å². The first kappa shape index (κ1) is 21.4. The summed E-state index contributed by atoms with van der Waals surface area (Å²) < 4.78 is 32.7. The topological polar surface area (TPSA) is 75.7 Å². The van der Waals surface area contributed by atoms with Crippen LogP contribution in [-0.2, 0) is 10.0 Å². The molecule has 0 aliphatic carbocycles. The summed E-state index contributed by atoms with van der Waals surface area (Å²) in [6.07, 6.45) is 4.32. The second-order valence-corrected chi connectivity index (χ2v) is 9.03. The van der Waals surface area contributed by atoms with Crippen LogP contribution >= 0.6 is 11.6 Å². The Balaban J connectivity index is 1.82. The van der Waals surface area contributed by atoms with Crippen molar-refractivity contribution < 1.29 is 17.9 Å². The van der Waals surface area contributed by atoms with Crippen LogP contribution in [0.5, 0.6) is 5.75 Å². The number of carbonyl (C=O) groups is 1. The third-order valence-corrected chi connectivity index (χ3v) is 6.82. The minimum atomic E-state index is -3.66. The summed E-state index contributed by atoms with van der Waals surface area (Å²) in [7, 11) is -3.66. The summed E-state index contributed by atoms with van der Waals surface area (Å²) in [4.78, 5) is 12.8. The Bertz CT molecular complexity index is 1000. The molecule has 8 heteroatoms. The highest BCUT2D eigenvalue weighted by Crippen LogP contribution is 2.26. The van der Waals surface area contributed by atoms with Crippen LogP contribution in [0.2, 0.25) is 5.02 Å². The molecule has 2 aromatic rings. The van der Waals surface area contributed by atoms with Crippen molar-refractivity contribution in [3.05, 3.63) is 65.7 Å². The van der Waals surface area contributed by atoms with Gasteiger partial charge in [0.2, 0.25) is 10.0 Å². The maximum atomic E-state index is 12.9. The van der Waals surface area contributed by atoms with Crippen molar-refractivity contribution in [2.24, 2.45) is 0 Å². The van der Waals surface area contributed by atoms with Gasteiger partial charge >= 0.3 is 0 Å². The zero-order chi connectivity index (χ0) is 20.9. The quantitative estimate of drug-likeness (QED) is 0.658. The van der Waals surface area contributed by atoms with Crippen molar-refractivity contribution in [1.82, 2.24) is 4.31 Å². The van der Waals surface area contributed by atoms with Crippen LogP contribution in [-0.4, -0.2) is 38.3 Å². The fraction of sp³-hybridized carbons (Fsp3) is 0.286. The Morgan fingerprint density at radius 2 is 1.93 bits per heavy atom. The first-order chi connectivity index (χ1) is 13.9. The Hall–Kier alpha value is -2.35. The van der Waals surface area contributed by atoms with Crippen molar-refractivity contribution in [3.8, 4) is 5.75 Å². The highest BCUT2D eigenvalue weighted by atomic mass is 35.5. The molecule has 3 rings (SSSR count). The number of amides is 1. The van der Waals surface area contributed by atoms with E-state index in [0.717, 1.165) is 19.3 Å². The molecule has 29 heavy (non-hydrogen) atoms. The number of ether oxygens (including phenoxy) is 1. The molecule has 1 N–H and O–H groups in total.